The Bertz CT molecular complexity index is 290. The molecule has 0 aliphatic heterocycles. The van der Waals surface area contributed by atoms with Crippen molar-refractivity contribution in [1.82, 2.24) is 15.3 Å². The molecule has 1 saturated carbocycles. The minimum absolute atomic E-state index is 0.344. The molecule has 2 rings (SSSR count). The Morgan fingerprint density at radius 3 is 2.53 bits per heavy atom. The van der Waals surface area contributed by atoms with Gasteiger partial charge in [0.05, 0.1) is 0 Å². The van der Waals surface area contributed by atoms with Crippen molar-refractivity contribution in [1.29, 1.82) is 0 Å². The molecule has 1 aliphatic carbocycles. The summed E-state index contributed by atoms with van der Waals surface area (Å²) in [7, 11) is 0. The van der Waals surface area contributed by atoms with Gasteiger partial charge in [-0.3, -0.25) is 0 Å². The van der Waals surface area contributed by atoms with Gasteiger partial charge in [0.2, 0.25) is 5.95 Å². The second kappa shape index (κ2) is 5.07. The van der Waals surface area contributed by atoms with Crippen LogP contribution in [0, 0.1) is 0 Å². The van der Waals surface area contributed by atoms with Gasteiger partial charge in [0.15, 0.2) is 0 Å². The second-order valence-electron chi connectivity index (χ2n) is 4.17. The predicted molar refractivity (Wildman–Crippen MR) is 60.2 cm³/mol. The van der Waals surface area contributed by atoms with Crippen molar-refractivity contribution in [2.45, 2.75) is 44.7 Å². The van der Waals surface area contributed by atoms with Crippen LogP contribution in [0.3, 0.4) is 0 Å². The zero-order valence-corrected chi connectivity index (χ0v) is 8.95. The maximum atomic E-state index is 5.42. The highest BCUT2D eigenvalue weighted by atomic mass is 15.0. The first-order valence-electron chi connectivity index (χ1n) is 5.64. The monoisotopic (exact) mass is 206 g/mol. The van der Waals surface area contributed by atoms with Crippen LogP contribution in [0.2, 0.25) is 0 Å². The predicted octanol–water partition coefficient (Wildman–Crippen LogP) is 1.48. The highest BCUT2D eigenvalue weighted by Crippen LogP contribution is 2.17. The molecule has 82 valence electrons. The molecule has 1 aromatic heterocycles. The lowest BCUT2D eigenvalue weighted by Gasteiger charge is -2.22. The number of hydrogen-bond acceptors (Lipinski definition) is 4. The largest absolute Gasteiger partial charge is 0.368 e. The third-order valence-electron chi connectivity index (χ3n) is 2.93. The normalized spacial score (nSPS) is 17.9. The van der Waals surface area contributed by atoms with Gasteiger partial charge >= 0.3 is 0 Å². The fourth-order valence-electron chi connectivity index (χ4n) is 2.02. The molecule has 15 heavy (non-hydrogen) atoms. The van der Waals surface area contributed by atoms with E-state index in [1.807, 2.05) is 0 Å². The van der Waals surface area contributed by atoms with Gasteiger partial charge in [-0.2, -0.15) is 0 Å². The lowest BCUT2D eigenvalue weighted by molar-refractivity contribution is 0.372. The standard InChI is InChI=1S/C11H18N4/c12-11-14-7-9(8-15-11)6-13-10-4-2-1-3-5-10/h7-8,10,13H,1-6H2,(H2,12,14,15). The molecule has 4 nitrogen and oxygen atoms in total. The number of nitrogens with one attached hydrogen (secondary N) is 1. The molecule has 1 aliphatic rings. The van der Waals surface area contributed by atoms with Gasteiger partial charge in [-0.1, -0.05) is 19.3 Å². The van der Waals surface area contributed by atoms with Crippen LogP contribution in [0.1, 0.15) is 37.7 Å². The lowest BCUT2D eigenvalue weighted by atomic mass is 9.95. The van der Waals surface area contributed by atoms with Crippen molar-refractivity contribution >= 4 is 5.95 Å². The number of nitrogens with two attached hydrogens (primary N) is 1. The molecule has 4 heteroatoms. The van der Waals surface area contributed by atoms with E-state index in [4.69, 9.17) is 5.73 Å². The van der Waals surface area contributed by atoms with Crippen molar-refractivity contribution in [3.05, 3.63) is 18.0 Å². The number of anilines is 1. The van der Waals surface area contributed by atoms with E-state index >= 15 is 0 Å². The Hall–Kier alpha value is -1.16. The second-order valence-corrected chi connectivity index (χ2v) is 4.17. The van der Waals surface area contributed by atoms with E-state index in [1.165, 1.54) is 32.1 Å². The summed E-state index contributed by atoms with van der Waals surface area (Å²) in [6.07, 6.45) is 10.3. The molecule has 0 unspecified atom stereocenters. The molecule has 1 aromatic rings. The quantitative estimate of drug-likeness (QED) is 0.786. The summed E-state index contributed by atoms with van der Waals surface area (Å²) in [4.78, 5) is 7.94. The zero-order chi connectivity index (χ0) is 10.5. The van der Waals surface area contributed by atoms with E-state index in [9.17, 15) is 0 Å². The SMILES string of the molecule is Nc1ncc(CNC2CCCCC2)cn1. The average Bonchev–Trinajstić information content (AvgIpc) is 2.30. The Kier molecular flexibility index (Phi) is 3.50. The summed E-state index contributed by atoms with van der Waals surface area (Å²) in [5.41, 5.74) is 6.53. The van der Waals surface area contributed by atoms with E-state index in [0.29, 0.717) is 12.0 Å². The van der Waals surface area contributed by atoms with Gasteiger partial charge in [-0.05, 0) is 12.8 Å². The Balaban J connectivity index is 1.79. The highest BCUT2D eigenvalue weighted by molar-refractivity contribution is 5.16. The van der Waals surface area contributed by atoms with Crippen LogP contribution in [0.4, 0.5) is 5.95 Å². The summed E-state index contributed by atoms with van der Waals surface area (Å²) >= 11 is 0. The van der Waals surface area contributed by atoms with Crippen molar-refractivity contribution < 1.29 is 0 Å². The molecule has 1 fully saturated rings. The van der Waals surface area contributed by atoms with Crippen LogP contribution in [0.15, 0.2) is 12.4 Å². The van der Waals surface area contributed by atoms with Gasteiger partial charge in [-0.25, -0.2) is 9.97 Å². The molecule has 0 aromatic carbocycles. The molecule has 0 spiro atoms. The first-order chi connectivity index (χ1) is 7.34. The molecule has 0 bridgehead atoms. The lowest BCUT2D eigenvalue weighted by Crippen LogP contribution is -2.30. The van der Waals surface area contributed by atoms with Gasteiger partial charge in [0.25, 0.3) is 0 Å². The topological polar surface area (TPSA) is 63.8 Å². The molecule has 1 heterocycles. The van der Waals surface area contributed by atoms with Crippen LogP contribution < -0.4 is 11.1 Å². The summed E-state index contributed by atoms with van der Waals surface area (Å²) in [5, 5.41) is 3.54. The number of nitrogen functional groups attached to an aromatic ring is 1. The number of aromatic nitrogens is 2. The van der Waals surface area contributed by atoms with E-state index in [0.717, 1.165) is 12.1 Å². The molecular weight excluding hydrogens is 188 g/mol. The van der Waals surface area contributed by atoms with Gasteiger partial charge < -0.3 is 11.1 Å². The van der Waals surface area contributed by atoms with Crippen molar-refractivity contribution in [2.75, 3.05) is 5.73 Å². The first-order valence-corrected chi connectivity index (χ1v) is 5.64. The summed E-state index contributed by atoms with van der Waals surface area (Å²) < 4.78 is 0. The van der Waals surface area contributed by atoms with E-state index < -0.39 is 0 Å². The van der Waals surface area contributed by atoms with Gasteiger partial charge in [0, 0.05) is 30.5 Å². The minimum atomic E-state index is 0.344. The zero-order valence-electron chi connectivity index (χ0n) is 8.95. The van der Waals surface area contributed by atoms with Gasteiger partial charge in [-0.15, -0.1) is 0 Å². The summed E-state index contributed by atoms with van der Waals surface area (Å²) in [6, 6.07) is 0.677. The smallest absolute Gasteiger partial charge is 0.219 e. The minimum Gasteiger partial charge on any atom is -0.368 e. The Labute approximate surface area is 90.3 Å². The summed E-state index contributed by atoms with van der Waals surface area (Å²) in [5.74, 6) is 0.344. The third kappa shape index (κ3) is 3.16. The number of nitrogens with zero attached hydrogens (tertiary/aromatic N) is 2. The summed E-state index contributed by atoms with van der Waals surface area (Å²) in [6.45, 7) is 0.852. The number of hydrogen-bond donors (Lipinski definition) is 2. The molecular formula is C11H18N4. The first kappa shape index (κ1) is 10.4. The van der Waals surface area contributed by atoms with Crippen molar-refractivity contribution in [3.8, 4) is 0 Å². The Morgan fingerprint density at radius 1 is 1.20 bits per heavy atom. The van der Waals surface area contributed by atoms with Crippen molar-refractivity contribution in [3.63, 3.8) is 0 Å². The van der Waals surface area contributed by atoms with E-state index in [2.05, 4.69) is 15.3 Å². The van der Waals surface area contributed by atoms with Crippen LogP contribution in [-0.2, 0) is 6.54 Å². The van der Waals surface area contributed by atoms with Crippen molar-refractivity contribution in [2.24, 2.45) is 0 Å². The van der Waals surface area contributed by atoms with E-state index in [1.54, 1.807) is 12.4 Å². The maximum absolute atomic E-state index is 5.42. The third-order valence-corrected chi connectivity index (χ3v) is 2.93. The highest BCUT2D eigenvalue weighted by Gasteiger charge is 2.12. The molecule has 3 N–H and O–H groups in total. The van der Waals surface area contributed by atoms with Gasteiger partial charge in [0.1, 0.15) is 0 Å². The van der Waals surface area contributed by atoms with Crippen LogP contribution in [0.5, 0.6) is 0 Å². The molecule has 0 atom stereocenters. The van der Waals surface area contributed by atoms with Crippen LogP contribution >= 0.6 is 0 Å². The van der Waals surface area contributed by atoms with E-state index in [-0.39, 0.29) is 0 Å². The fraction of sp³-hybridized carbons (Fsp3) is 0.636. The number of rotatable bonds is 3. The maximum Gasteiger partial charge on any atom is 0.219 e. The van der Waals surface area contributed by atoms with Crippen LogP contribution in [0.25, 0.3) is 0 Å². The fourth-order valence-corrected chi connectivity index (χ4v) is 2.02. The Morgan fingerprint density at radius 2 is 1.87 bits per heavy atom. The molecule has 0 amide bonds. The molecule has 0 radical (unpaired) electrons. The average molecular weight is 206 g/mol. The molecule has 0 saturated heterocycles. The van der Waals surface area contributed by atoms with Crippen LogP contribution in [-0.4, -0.2) is 16.0 Å².